The van der Waals surface area contributed by atoms with Gasteiger partial charge in [-0.3, -0.25) is 0 Å². The molecule has 1 aromatic rings. The third-order valence-corrected chi connectivity index (χ3v) is 3.26. The molecule has 17 heavy (non-hydrogen) atoms. The van der Waals surface area contributed by atoms with E-state index in [1.807, 2.05) is 0 Å². The molecule has 0 aliphatic heterocycles. The maximum atomic E-state index is 13.2. The monoisotopic (exact) mass is 265 g/mol. The number of carboxylic acids is 1. The van der Waals surface area contributed by atoms with E-state index in [9.17, 15) is 22.0 Å². The van der Waals surface area contributed by atoms with E-state index in [2.05, 4.69) is 0 Å². The Kier molecular flexibility index (Phi) is 3.48. The number of rotatable bonds is 3. The maximum Gasteiger partial charge on any atom is 0.341 e. The smallest absolute Gasteiger partial charge is 0.341 e. The highest BCUT2D eigenvalue weighted by Gasteiger charge is 2.23. The van der Waals surface area contributed by atoms with Crippen LogP contribution in [-0.4, -0.2) is 25.7 Å². The van der Waals surface area contributed by atoms with Crippen LogP contribution in [0.1, 0.15) is 21.3 Å². The number of nitrogens with two attached hydrogens (primary N) is 1. The van der Waals surface area contributed by atoms with Crippen molar-refractivity contribution in [1.82, 2.24) is 0 Å². The van der Waals surface area contributed by atoms with Crippen molar-refractivity contribution in [3.05, 3.63) is 34.9 Å². The normalized spacial score (nSPS) is 13.4. The first-order chi connectivity index (χ1) is 7.64. The van der Waals surface area contributed by atoms with Gasteiger partial charge in [0.1, 0.15) is 22.6 Å². The minimum absolute atomic E-state index is 0.340. The standard InChI is InChI=1S/C9H9F2NO4S/c1-17(15,16)8(12)4-2-5(10)7(9(13)14)6(11)3-4/h2-3,8H,12H2,1H3,(H,13,14). The van der Waals surface area contributed by atoms with Gasteiger partial charge in [0.15, 0.2) is 9.84 Å². The van der Waals surface area contributed by atoms with Gasteiger partial charge in [-0.05, 0) is 17.7 Å². The van der Waals surface area contributed by atoms with Gasteiger partial charge < -0.3 is 10.8 Å². The first kappa shape index (κ1) is 13.5. The molecule has 0 aliphatic carbocycles. The topological polar surface area (TPSA) is 97.5 Å². The molecule has 0 radical (unpaired) electrons. The highest BCUT2D eigenvalue weighted by Crippen LogP contribution is 2.22. The number of carbonyl (C=O) groups is 1. The molecule has 0 saturated carbocycles. The Balaban J connectivity index is 3.38. The summed E-state index contributed by atoms with van der Waals surface area (Å²) in [6.45, 7) is 0. The van der Waals surface area contributed by atoms with Crippen molar-refractivity contribution < 1.29 is 27.1 Å². The van der Waals surface area contributed by atoms with Gasteiger partial charge in [0, 0.05) is 6.26 Å². The lowest BCUT2D eigenvalue weighted by Crippen LogP contribution is -2.21. The Bertz CT molecular complexity index is 547. The van der Waals surface area contributed by atoms with E-state index in [4.69, 9.17) is 10.8 Å². The Morgan fingerprint density at radius 3 is 2.06 bits per heavy atom. The summed E-state index contributed by atoms with van der Waals surface area (Å²) < 4.78 is 48.7. The summed E-state index contributed by atoms with van der Waals surface area (Å²) in [7, 11) is -3.73. The molecule has 0 bridgehead atoms. The third-order valence-electron chi connectivity index (χ3n) is 2.07. The van der Waals surface area contributed by atoms with E-state index in [0.29, 0.717) is 12.1 Å². The van der Waals surface area contributed by atoms with E-state index in [1.54, 1.807) is 0 Å². The molecule has 0 fully saturated rings. The fourth-order valence-corrected chi connectivity index (χ4v) is 1.84. The van der Waals surface area contributed by atoms with E-state index < -0.39 is 38.4 Å². The second-order valence-electron chi connectivity index (χ2n) is 3.41. The van der Waals surface area contributed by atoms with Crippen LogP contribution in [0.3, 0.4) is 0 Å². The van der Waals surface area contributed by atoms with E-state index in [-0.39, 0.29) is 5.56 Å². The minimum atomic E-state index is -3.73. The van der Waals surface area contributed by atoms with Crippen LogP contribution in [0.5, 0.6) is 0 Å². The predicted molar refractivity (Wildman–Crippen MR) is 55.1 cm³/mol. The Labute approximate surface area is 95.8 Å². The van der Waals surface area contributed by atoms with Crippen LogP contribution in [-0.2, 0) is 9.84 Å². The predicted octanol–water partition coefficient (Wildman–Crippen LogP) is 0.665. The number of carboxylic acid groups (broad SMARTS) is 1. The van der Waals surface area contributed by atoms with E-state index in [0.717, 1.165) is 6.26 Å². The van der Waals surface area contributed by atoms with Crippen molar-refractivity contribution in [2.45, 2.75) is 5.37 Å². The highest BCUT2D eigenvalue weighted by molar-refractivity contribution is 7.90. The lowest BCUT2D eigenvalue weighted by atomic mass is 10.1. The zero-order valence-electron chi connectivity index (χ0n) is 8.65. The van der Waals surface area contributed by atoms with Gasteiger partial charge in [0.2, 0.25) is 0 Å². The summed E-state index contributed by atoms with van der Waals surface area (Å²) in [5, 5.41) is 6.90. The van der Waals surface area contributed by atoms with Gasteiger partial charge in [-0.2, -0.15) is 0 Å². The number of hydrogen-bond acceptors (Lipinski definition) is 4. The van der Waals surface area contributed by atoms with Crippen LogP contribution < -0.4 is 5.73 Å². The second-order valence-corrected chi connectivity index (χ2v) is 5.58. The van der Waals surface area contributed by atoms with Gasteiger partial charge >= 0.3 is 5.97 Å². The summed E-state index contributed by atoms with van der Waals surface area (Å²) in [4.78, 5) is 10.5. The molecule has 3 N–H and O–H groups in total. The summed E-state index contributed by atoms with van der Waals surface area (Å²) >= 11 is 0. The fourth-order valence-electron chi connectivity index (χ4n) is 1.21. The number of halogens is 2. The van der Waals surface area contributed by atoms with Crippen LogP contribution in [0, 0.1) is 11.6 Å². The first-order valence-electron chi connectivity index (χ1n) is 4.31. The average molecular weight is 265 g/mol. The molecule has 94 valence electrons. The lowest BCUT2D eigenvalue weighted by Gasteiger charge is -2.11. The average Bonchev–Trinajstić information content (AvgIpc) is 2.13. The first-order valence-corrected chi connectivity index (χ1v) is 6.26. The summed E-state index contributed by atoms with van der Waals surface area (Å²) in [5.41, 5.74) is 3.78. The zero-order chi connectivity index (χ0) is 13.4. The molecule has 5 nitrogen and oxygen atoms in total. The molecule has 8 heteroatoms. The van der Waals surface area contributed by atoms with E-state index >= 15 is 0 Å². The number of aromatic carboxylic acids is 1. The largest absolute Gasteiger partial charge is 0.477 e. The molecule has 1 aromatic carbocycles. The quantitative estimate of drug-likeness (QED) is 0.836. The fraction of sp³-hybridized carbons (Fsp3) is 0.222. The van der Waals surface area contributed by atoms with Gasteiger partial charge in [0.25, 0.3) is 0 Å². The van der Waals surface area contributed by atoms with Crippen molar-refractivity contribution in [2.75, 3.05) is 6.26 Å². The maximum absolute atomic E-state index is 13.2. The van der Waals surface area contributed by atoms with Gasteiger partial charge in [-0.15, -0.1) is 0 Å². The van der Waals surface area contributed by atoms with Crippen LogP contribution in [0.2, 0.25) is 0 Å². The van der Waals surface area contributed by atoms with Crippen molar-refractivity contribution in [3.8, 4) is 0 Å². The highest BCUT2D eigenvalue weighted by atomic mass is 32.2. The molecule has 0 aliphatic rings. The van der Waals surface area contributed by atoms with Crippen LogP contribution in [0.25, 0.3) is 0 Å². The molecule has 0 aromatic heterocycles. The molecule has 0 saturated heterocycles. The van der Waals surface area contributed by atoms with Crippen LogP contribution in [0.4, 0.5) is 8.78 Å². The SMILES string of the molecule is CS(=O)(=O)C(N)c1cc(F)c(C(=O)O)c(F)c1. The van der Waals surface area contributed by atoms with Crippen molar-refractivity contribution in [1.29, 1.82) is 0 Å². The molecular weight excluding hydrogens is 256 g/mol. The third kappa shape index (κ3) is 2.77. The summed E-state index contributed by atoms with van der Waals surface area (Å²) in [6.07, 6.45) is 0.804. The molecular formula is C9H9F2NO4S. The van der Waals surface area contributed by atoms with Gasteiger partial charge in [-0.1, -0.05) is 0 Å². The Hall–Kier alpha value is -1.54. The molecule has 0 spiro atoms. The molecule has 0 heterocycles. The second kappa shape index (κ2) is 4.38. The lowest BCUT2D eigenvalue weighted by molar-refractivity contribution is 0.0686. The number of hydrogen-bond donors (Lipinski definition) is 2. The van der Waals surface area contributed by atoms with Crippen LogP contribution in [0.15, 0.2) is 12.1 Å². The molecule has 1 unspecified atom stereocenters. The van der Waals surface area contributed by atoms with Crippen LogP contribution >= 0.6 is 0 Å². The molecule has 1 atom stereocenters. The van der Waals surface area contributed by atoms with Gasteiger partial charge in [-0.25, -0.2) is 22.0 Å². The summed E-state index contributed by atoms with van der Waals surface area (Å²) in [5.74, 6) is -4.52. The van der Waals surface area contributed by atoms with Crippen molar-refractivity contribution in [2.24, 2.45) is 5.73 Å². The minimum Gasteiger partial charge on any atom is -0.477 e. The van der Waals surface area contributed by atoms with Crippen molar-refractivity contribution in [3.63, 3.8) is 0 Å². The number of benzene rings is 1. The van der Waals surface area contributed by atoms with Crippen molar-refractivity contribution >= 4 is 15.8 Å². The molecule has 1 rings (SSSR count). The zero-order valence-corrected chi connectivity index (χ0v) is 9.46. The Morgan fingerprint density at radius 2 is 1.76 bits per heavy atom. The van der Waals surface area contributed by atoms with E-state index in [1.165, 1.54) is 0 Å². The van der Waals surface area contributed by atoms with Gasteiger partial charge in [0.05, 0.1) is 0 Å². The molecule has 0 amide bonds. The Morgan fingerprint density at radius 1 is 1.35 bits per heavy atom. The summed E-state index contributed by atoms with van der Waals surface area (Å²) in [6, 6.07) is 1.19. The number of sulfone groups is 1.